The Balaban J connectivity index is 0.00000147. The lowest BCUT2D eigenvalue weighted by atomic mass is 10.0. The molecule has 0 spiro atoms. The van der Waals surface area contributed by atoms with Crippen molar-refractivity contribution in [3.63, 3.8) is 0 Å². The maximum Gasteiger partial charge on any atom is 0.191 e. The third-order valence-corrected chi connectivity index (χ3v) is 3.61. The molecule has 0 aliphatic carbocycles. The maximum absolute atomic E-state index is 6.03. The van der Waals surface area contributed by atoms with Gasteiger partial charge >= 0.3 is 0 Å². The number of hydrogen-bond donors (Lipinski definition) is 1. The molecule has 1 fully saturated rings. The molecule has 5 nitrogen and oxygen atoms in total. The molecule has 2 heterocycles. The number of nitrogens with two attached hydrogens (primary N) is 1. The minimum atomic E-state index is 0. The Morgan fingerprint density at radius 2 is 2.05 bits per heavy atom. The Labute approximate surface area is 136 Å². The van der Waals surface area contributed by atoms with Gasteiger partial charge in [0.25, 0.3) is 0 Å². The van der Waals surface area contributed by atoms with Crippen molar-refractivity contribution in [1.29, 1.82) is 0 Å². The van der Waals surface area contributed by atoms with E-state index in [9.17, 15) is 0 Å². The minimum Gasteiger partial charge on any atom is -0.493 e. The second-order valence-electron chi connectivity index (χ2n) is 4.84. The van der Waals surface area contributed by atoms with E-state index in [1.807, 2.05) is 18.2 Å². The van der Waals surface area contributed by atoms with Crippen LogP contribution in [0.2, 0.25) is 0 Å². The van der Waals surface area contributed by atoms with Crippen LogP contribution in [-0.2, 0) is 4.74 Å². The molecule has 3 rings (SSSR count). The number of para-hydroxylation sites is 1. The molecule has 1 saturated heterocycles. The first-order chi connectivity index (χ1) is 9.34. The highest BCUT2D eigenvalue weighted by atomic mass is 127. The first-order valence-electron chi connectivity index (χ1n) is 6.69. The molecule has 2 aliphatic rings. The quantitative estimate of drug-likeness (QED) is 0.473. The SMILES string of the molecule is I.NC(=NCC1COc2ccccc21)N1CCOCC1. The van der Waals surface area contributed by atoms with Crippen LogP contribution in [-0.4, -0.2) is 50.3 Å². The summed E-state index contributed by atoms with van der Waals surface area (Å²) < 4.78 is 10.9. The van der Waals surface area contributed by atoms with E-state index >= 15 is 0 Å². The van der Waals surface area contributed by atoms with Gasteiger partial charge < -0.3 is 20.1 Å². The molecule has 2 aliphatic heterocycles. The zero-order valence-electron chi connectivity index (χ0n) is 11.3. The van der Waals surface area contributed by atoms with Gasteiger partial charge in [-0.2, -0.15) is 0 Å². The predicted molar refractivity (Wildman–Crippen MR) is 89.0 cm³/mol. The van der Waals surface area contributed by atoms with Crippen molar-refractivity contribution in [2.24, 2.45) is 10.7 Å². The van der Waals surface area contributed by atoms with Crippen molar-refractivity contribution in [1.82, 2.24) is 4.90 Å². The molecule has 0 radical (unpaired) electrons. The predicted octanol–water partition coefficient (Wildman–Crippen LogP) is 1.43. The molecule has 1 aromatic rings. The van der Waals surface area contributed by atoms with Gasteiger partial charge in [0.05, 0.1) is 26.4 Å². The number of ether oxygens (including phenoxy) is 2. The van der Waals surface area contributed by atoms with Gasteiger partial charge in [-0.1, -0.05) is 18.2 Å². The minimum absolute atomic E-state index is 0. The molecule has 1 unspecified atom stereocenters. The number of hydrogen-bond acceptors (Lipinski definition) is 3. The number of benzene rings is 1. The summed E-state index contributed by atoms with van der Waals surface area (Å²) in [5, 5.41) is 0. The summed E-state index contributed by atoms with van der Waals surface area (Å²) in [7, 11) is 0. The van der Waals surface area contributed by atoms with E-state index in [0.717, 1.165) is 32.1 Å². The number of guanidine groups is 1. The molecule has 0 aromatic heterocycles. The lowest BCUT2D eigenvalue weighted by Crippen LogP contribution is -2.45. The molecule has 110 valence electrons. The number of fused-ring (bicyclic) bond motifs is 1. The summed E-state index contributed by atoms with van der Waals surface area (Å²) in [4.78, 5) is 6.59. The number of halogens is 1. The highest BCUT2D eigenvalue weighted by Gasteiger charge is 2.23. The van der Waals surface area contributed by atoms with Crippen LogP contribution in [0.5, 0.6) is 5.75 Å². The van der Waals surface area contributed by atoms with Crippen LogP contribution >= 0.6 is 24.0 Å². The Bertz CT molecular complexity index is 475. The Kier molecular flexibility index (Phi) is 5.47. The first kappa shape index (κ1) is 15.4. The summed E-state index contributed by atoms with van der Waals surface area (Å²) in [6.07, 6.45) is 0. The fourth-order valence-electron chi connectivity index (χ4n) is 2.48. The summed E-state index contributed by atoms with van der Waals surface area (Å²) >= 11 is 0. The first-order valence-corrected chi connectivity index (χ1v) is 6.69. The van der Waals surface area contributed by atoms with E-state index in [4.69, 9.17) is 15.2 Å². The van der Waals surface area contributed by atoms with E-state index in [1.54, 1.807) is 0 Å². The number of nitrogens with zero attached hydrogens (tertiary/aromatic N) is 2. The van der Waals surface area contributed by atoms with E-state index in [-0.39, 0.29) is 24.0 Å². The summed E-state index contributed by atoms with van der Waals surface area (Å²) in [5.74, 6) is 1.91. The van der Waals surface area contributed by atoms with Crippen LogP contribution in [0.15, 0.2) is 29.3 Å². The van der Waals surface area contributed by atoms with Gasteiger partial charge in [-0.3, -0.25) is 4.99 Å². The fraction of sp³-hybridized carbons (Fsp3) is 0.500. The molecule has 0 amide bonds. The molecule has 0 saturated carbocycles. The maximum atomic E-state index is 6.03. The van der Waals surface area contributed by atoms with Crippen LogP contribution in [0.1, 0.15) is 11.5 Å². The van der Waals surface area contributed by atoms with Gasteiger partial charge in [0.15, 0.2) is 5.96 Å². The molecular formula is C14H20IN3O2. The molecule has 6 heteroatoms. The van der Waals surface area contributed by atoms with Crippen LogP contribution in [0.3, 0.4) is 0 Å². The molecule has 20 heavy (non-hydrogen) atoms. The van der Waals surface area contributed by atoms with E-state index in [2.05, 4.69) is 16.0 Å². The van der Waals surface area contributed by atoms with Crippen LogP contribution in [0, 0.1) is 0 Å². The third-order valence-electron chi connectivity index (χ3n) is 3.61. The molecule has 1 aromatic carbocycles. The van der Waals surface area contributed by atoms with Crippen molar-refractivity contribution in [3.05, 3.63) is 29.8 Å². The summed E-state index contributed by atoms with van der Waals surface area (Å²) in [5.41, 5.74) is 7.26. The molecular weight excluding hydrogens is 369 g/mol. The van der Waals surface area contributed by atoms with Crippen molar-refractivity contribution in [3.8, 4) is 5.75 Å². The summed E-state index contributed by atoms with van der Waals surface area (Å²) in [6.45, 7) is 4.48. The smallest absolute Gasteiger partial charge is 0.191 e. The van der Waals surface area contributed by atoms with E-state index in [1.165, 1.54) is 5.56 Å². The fourth-order valence-corrected chi connectivity index (χ4v) is 2.48. The molecule has 1 atom stereocenters. The highest BCUT2D eigenvalue weighted by molar-refractivity contribution is 14.0. The Morgan fingerprint density at radius 3 is 2.85 bits per heavy atom. The normalized spacial score (nSPS) is 21.9. The zero-order chi connectivity index (χ0) is 13.1. The lowest BCUT2D eigenvalue weighted by Gasteiger charge is -2.27. The topological polar surface area (TPSA) is 60.1 Å². The average Bonchev–Trinajstić information content (AvgIpc) is 2.89. The van der Waals surface area contributed by atoms with Gasteiger partial charge in [0.1, 0.15) is 5.75 Å². The molecule has 0 bridgehead atoms. The third kappa shape index (κ3) is 3.35. The zero-order valence-corrected chi connectivity index (χ0v) is 13.7. The Hall–Kier alpha value is -1.02. The second kappa shape index (κ2) is 7.12. The number of morpholine rings is 1. The summed E-state index contributed by atoms with van der Waals surface area (Å²) in [6, 6.07) is 8.14. The Morgan fingerprint density at radius 1 is 1.30 bits per heavy atom. The van der Waals surface area contributed by atoms with E-state index in [0.29, 0.717) is 25.0 Å². The molecule has 2 N–H and O–H groups in total. The average molecular weight is 389 g/mol. The van der Waals surface area contributed by atoms with E-state index < -0.39 is 0 Å². The second-order valence-corrected chi connectivity index (χ2v) is 4.84. The van der Waals surface area contributed by atoms with Gasteiger partial charge in [0, 0.05) is 24.6 Å². The highest BCUT2D eigenvalue weighted by Crippen LogP contribution is 2.33. The standard InChI is InChI=1S/C14H19N3O2.HI/c15-14(17-5-7-18-8-6-17)16-9-11-10-19-13-4-2-1-3-12(11)13;/h1-4,11H,5-10H2,(H2,15,16);1H. The van der Waals surface area contributed by atoms with Crippen molar-refractivity contribution < 1.29 is 9.47 Å². The van der Waals surface area contributed by atoms with Gasteiger partial charge in [-0.25, -0.2) is 0 Å². The number of aliphatic imine (C=N–C) groups is 1. The lowest BCUT2D eigenvalue weighted by molar-refractivity contribution is 0.0674. The van der Waals surface area contributed by atoms with Gasteiger partial charge in [-0.15, -0.1) is 24.0 Å². The largest absolute Gasteiger partial charge is 0.493 e. The monoisotopic (exact) mass is 389 g/mol. The van der Waals surface area contributed by atoms with Gasteiger partial charge in [0.2, 0.25) is 0 Å². The van der Waals surface area contributed by atoms with Crippen molar-refractivity contribution in [2.45, 2.75) is 5.92 Å². The van der Waals surface area contributed by atoms with Crippen molar-refractivity contribution >= 4 is 29.9 Å². The van der Waals surface area contributed by atoms with Gasteiger partial charge in [-0.05, 0) is 6.07 Å². The number of rotatable bonds is 2. The van der Waals surface area contributed by atoms with Crippen molar-refractivity contribution in [2.75, 3.05) is 39.5 Å². The van der Waals surface area contributed by atoms with Crippen LogP contribution in [0.25, 0.3) is 0 Å². The van der Waals surface area contributed by atoms with Crippen LogP contribution in [0.4, 0.5) is 0 Å². The van der Waals surface area contributed by atoms with Crippen LogP contribution < -0.4 is 10.5 Å².